The van der Waals surface area contributed by atoms with Crippen LogP contribution in [-0.4, -0.2) is 56.7 Å². The van der Waals surface area contributed by atoms with Crippen LogP contribution in [0.3, 0.4) is 0 Å². The number of hydrogen-bond donors (Lipinski definition) is 1. The Balaban J connectivity index is 1.25. The zero-order chi connectivity index (χ0) is 42.1. The summed E-state index contributed by atoms with van der Waals surface area (Å²) >= 11 is 0.243. The van der Waals surface area contributed by atoms with Crippen molar-refractivity contribution in [1.29, 1.82) is 0 Å². The molecule has 59 heavy (non-hydrogen) atoms. The van der Waals surface area contributed by atoms with E-state index in [2.05, 4.69) is 12.0 Å². The van der Waals surface area contributed by atoms with Gasteiger partial charge < -0.3 is 33.2 Å². The number of alkyl halides is 1. The molecule has 5 aromatic rings. The van der Waals surface area contributed by atoms with Gasteiger partial charge in [0.1, 0.15) is 23.9 Å². The Morgan fingerprint density at radius 3 is 2.08 bits per heavy atom. The molecule has 1 fully saturated rings. The van der Waals surface area contributed by atoms with Gasteiger partial charge in [-0.05, 0) is 84.6 Å². The van der Waals surface area contributed by atoms with Crippen LogP contribution in [0.25, 0.3) is 0 Å². The number of thioether (sulfide) groups is 1. The Morgan fingerprint density at radius 2 is 1.44 bits per heavy atom. The highest BCUT2D eigenvalue weighted by atomic mass is 32.2. The third-order valence-corrected chi connectivity index (χ3v) is 10.1. The molecule has 0 aromatic heterocycles. The van der Waals surface area contributed by atoms with Gasteiger partial charge in [0.2, 0.25) is 5.75 Å². The fraction of sp³-hybridized carbons (Fsp3) is 0.250. The minimum atomic E-state index is -1.97. The smallest absolute Gasteiger partial charge is 0.289 e. The fourth-order valence-electron chi connectivity index (χ4n) is 6.37. The summed E-state index contributed by atoms with van der Waals surface area (Å²) in [5, 5.41) is 10.9. The van der Waals surface area contributed by atoms with Crippen molar-refractivity contribution in [3.05, 3.63) is 131 Å². The van der Waals surface area contributed by atoms with E-state index in [1.165, 1.54) is 40.6 Å². The standard InChI is InChI=1S/C44H39F4NO9S/c1-52-36-20-28(34-15-16-35(58-34)29-21-37(53-2)43(55-4)38(22-29)54-3)18-26(42(36)56-25-40(47)59-39-24-30(45)23-33(46)41(39)48)11-9-17-49(51)44(50)27-10-8-14-32(19-27)57-31-12-6-5-7-13-31/h5-8,10,12-14,18-24,34-35,40,51H,11,15-16,25H2,1-4H3. The van der Waals surface area contributed by atoms with E-state index in [0.717, 1.165) is 5.56 Å². The van der Waals surface area contributed by atoms with Crippen LogP contribution < -0.4 is 28.4 Å². The first-order valence-corrected chi connectivity index (χ1v) is 19.0. The second-order valence-electron chi connectivity index (χ2n) is 12.9. The van der Waals surface area contributed by atoms with Gasteiger partial charge in [0.25, 0.3) is 5.91 Å². The molecule has 6 rings (SSSR count). The van der Waals surface area contributed by atoms with Gasteiger partial charge in [0.15, 0.2) is 40.1 Å². The number of halogens is 4. The number of methoxy groups -OCH3 is 4. The summed E-state index contributed by atoms with van der Waals surface area (Å²) < 4.78 is 97.6. The summed E-state index contributed by atoms with van der Waals surface area (Å²) in [6.07, 6.45) is 0.251. The molecule has 1 heterocycles. The van der Waals surface area contributed by atoms with Crippen molar-refractivity contribution in [2.24, 2.45) is 0 Å². The van der Waals surface area contributed by atoms with E-state index >= 15 is 4.39 Å². The van der Waals surface area contributed by atoms with Crippen molar-refractivity contribution >= 4 is 17.7 Å². The van der Waals surface area contributed by atoms with E-state index < -0.39 is 46.5 Å². The lowest BCUT2D eigenvalue weighted by molar-refractivity contribution is -0.0118. The SMILES string of the molecule is COc1cc(C2CCC(c3cc(OC)c(OC)c(OC)c3)O2)cc(CC#CN(O)C(=O)c2cccc(Oc3ccccc3)c2)c1OCC(F)Sc1cc(F)cc(F)c1F. The van der Waals surface area contributed by atoms with E-state index in [9.17, 15) is 23.2 Å². The number of carbonyl (C=O) groups excluding carboxylic acids is 1. The molecule has 5 aromatic carbocycles. The second-order valence-corrected chi connectivity index (χ2v) is 14.1. The first-order valence-electron chi connectivity index (χ1n) is 18.1. The molecule has 0 spiro atoms. The Hall–Kier alpha value is -6.08. The van der Waals surface area contributed by atoms with Crippen LogP contribution in [0.4, 0.5) is 17.6 Å². The molecule has 1 amide bonds. The lowest BCUT2D eigenvalue weighted by Gasteiger charge is -2.21. The predicted molar refractivity (Wildman–Crippen MR) is 210 cm³/mol. The molecule has 15 heteroatoms. The molecule has 0 saturated carbocycles. The average Bonchev–Trinajstić information content (AvgIpc) is 3.75. The van der Waals surface area contributed by atoms with Gasteiger partial charge in [-0.3, -0.25) is 10.0 Å². The molecule has 308 valence electrons. The molecular weight excluding hydrogens is 795 g/mol. The lowest BCUT2D eigenvalue weighted by atomic mass is 9.99. The second kappa shape index (κ2) is 19.6. The van der Waals surface area contributed by atoms with Crippen molar-refractivity contribution in [1.82, 2.24) is 5.06 Å². The number of para-hydroxylation sites is 1. The van der Waals surface area contributed by atoms with Crippen molar-refractivity contribution in [3.8, 4) is 52.2 Å². The van der Waals surface area contributed by atoms with E-state index in [4.69, 9.17) is 33.2 Å². The highest BCUT2D eigenvalue weighted by Gasteiger charge is 2.31. The lowest BCUT2D eigenvalue weighted by Crippen LogP contribution is -2.22. The minimum Gasteiger partial charge on any atom is -0.493 e. The van der Waals surface area contributed by atoms with Crippen LogP contribution in [0.5, 0.6) is 40.2 Å². The van der Waals surface area contributed by atoms with Crippen molar-refractivity contribution < 1.29 is 60.7 Å². The summed E-state index contributed by atoms with van der Waals surface area (Å²) in [6.45, 7) is -0.687. The van der Waals surface area contributed by atoms with Crippen LogP contribution in [0.1, 0.15) is 52.1 Å². The maximum atomic E-state index is 15.3. The van der Waals surface area contributed by atoms with E-state index in [1.807, 2.05) is 18.2 Å². The first-order chi connectivity index (χ1) is 28.5. The average molecular weight is 834 g/mol. The molecule has 0 bridgehead atoms. The third-order valence-electron chi connectivity index (χ3n) is 9.11. The van der Waals surface area contributed by atoms with Crippen molar-refractivity contribution in [3.63, 3.8) is 0 Å². The zero-order valence-electron chi connectivity index (χ0n) is 32.3. The quantitative estimate of drug-likeness (QED) is 0.0209. The van der Waals surface area contributed by atoms with E-state index in [-0.39, 0.29) is 46.4 Å². The summed E-state index contributed by atoms with van der Waals surface area (Å²) in [5.41, 5.74) is -0.0452. The molecule has 1 aliphatic heterocycles. The Labute approximate surface area is 342 Å². The molecule has 0 aliphatic carbocycles. The molecule has 1 N–H and O–H groups in total. The number of ether oxygens (including phenoxy) is 7. The van der Waals surface area contributed by atoms with Crippen LogP contribution in [0, 0.1) is 29.4 Å². The van der Waals surface area contributed by atoms with Gasteiger partial charge in [-0.2, -0.15) is 0 Å². The Kier molecular flexibility index (Phi) is 14.1. The van der Waals surface area contributed by atoms with Crippen LogP contribution in [0.2, 0.25) is 0 Å². The molecular formula is C44H39F4NO9S. The number of rotatable bonds is 15. The molecule has 3 unspecified atom stereocenters. The maximum Gasteiger partial charge on any atom is 0.289 e. The largest absolute Gasteiger partial charge is 0.493 e. The monoisotopic (exact) mass is 833 g/mol. The van der Waals surface area contributed by atoms with E-state index in [1.54, 1.807) is 48.5 Å². The summed E-state index contributed by atoms with van der Waals surface area (Å²) in [7, 11) is 5.94. The van der Waals surface area contributed by atoms with Gasteiger partial charge in [0.05, 0.1) is 45.5 Å². The Bertz CT molecular complexity index is 2310. The number of nitrogens with zero attached hydrogens (tertiary/aromatic N) is 1. The molecule has 1 aliphatic rings. The van der Waals surface area contributed by atoms with Gasteiger partial charge in [0, 0.05) is 29.7 Å². The summed E-state index contributed by atoms with van der Waals surface area (Å²) in [5.74, 6) is 0.554. The van der Waals surface area contributed by atoms with Gasteiger partial charge in [-0.25, -0.2) is 17.6 Å². The van der Waals surface area contributed by atoms with E-state index in [0.29, 0.717) is 64.8 Å². The first kappa shape index (κ1) is 42.5. The normalized spacial score (nSPS) is 15.1. The van der Waals surface area contributed by atoms with Crippen LogP contribution >= 0.6 is 11.8 Å². The van der Waals surface area contributed by atoms with Gasteiger partial charge >= 0.3 is 0 Å². The summed E-state index contributed by atoms with van der Waals surface area (Å²) in [4.78, 5) is 12.6. The Morgan fingerprint density at radius 1 is 0.814 bits per heavy atom. The predicted octanol–water partition coefficient (Wildman–Crippen LogP) is 10.0. The summed E-state index contributed by atoms with van der Waals surface area (Å²) in [6, 6.07) is 25.7. The molecule has 0 radical (unpaired) electrons. The number of carbonyl (C=O) groups is 1. The molecule has 1 saturated heterocycles. The van der Waals surface area contributed by atoms with Gasteiger partial charge in [-0.1, -0.05) is 41.9 Å². The van der Waals surface area contributed by atoms with Crippen LogP contribution in [-0.2, 0) is 11.2 Å². The molecule has 10 nitrogen and oxygen atoms in total. The third kappa shape index (κ3) is 10.3. The topological polar surface area (TPSA) is 105 Å². The minimum absolute atomic E-state index is 0.0560. The number of hydroxylamine groups is 2. The number of benzene rings is 5. The van der Waals surface area contributed by atoms with Crippen LogP contribution in [0.15, 0.2) is 95.9 Å². The number of amides is 1. The number of hydrogen-bond acceptors (Lipinski definition) is 10. The zero-order valence-corrected chi connectivity index (χ0v) is 33.1. The van der Waals surface area contributed by atoms with Crippen molar-refractivity contribution in [2.45, 2.75) is 41.9 Å². The van der Waals surface area contributed by atoms with Crippen molar-refractivity contribution in [2.75, 3.05) is 35.0 Å². The highest BCUT2D eigenvalue weighted by Crippen LogP contribution is 2.47. The fourth-order valence-corrected chi connectivity index (χ4v) is 7.16. The maximum absolute atomic E-state index is 15.3. The molecule has 3 atom stereocenters. The van der Waals surface area contributed by atoms with Gasteiger partial charge in [-0.15, -0.1) is 5.06 Å². The highest BCUT2D eigenvalue weighted by molar-refractivity contribution is 7.99.